The van der Waals surface area contributed by atoms with Gasteiger partial charge in [0.1, 0.15) is 0 Å². The minimum Gasteiger partial charge on any atom is -0.0683 e. The van der Waals surface area contributed by atoms with Crippen LogP contribution in [0.5, 0.6) is 0 Å². The lowest BCUT2D eigenvalue weighted by Crippen LogP contribution is -1.66. The van der Waals surface area contributed by atoms with Gasteiger partial charge in [0.15, 0.2) is 0 Å². The Bertz CT molecular complexity index is 31.6. The van der Waals surface area contributed by atoms with Gasteiger partial charge in [-0.25, -0.2) is 0 Å². The number of rotatable bonds is 0. The number of hydrogen-bond acceptors (Lipinski definition) is 0. The molecular weight excluding hydrogens is 468 g/mol. The van der Waals surface area contributed by atoms with E-state index in [-0.39, 0.29) is 0 Å². The SMILES string of the molecule is CC.CC.CC.CC.CC.CC.CC.CC.CC.CC.CC(C)C.CCC.CCC.CCC.CCC.CCC. The summed E-state index contributed by atoms with van der Waals surface area (Å²) in [6.45, 7) is 67.8. The molecule has 0 rings (SSSR count). The highest BCUT2D eigenvalue weighted by molar-refractivity contribution is 4.20. The maximum absolute atomic E-state index is 2.17. The first-order valence-electron chi connectivity index (χ1n) is 18.8. The molecule has 0 aliphatic rings. The van der Waals surface area contributed by atoms with E-state index in [1.165, 1.54) is 32.1 Å². The Balaban J connectivity index is -0.0000000104. The quantitative estimate of drug-likeness (QED) is 0.268. The molecule has 0 nitrogen and oxygen atoms in total. The summed E-state index contributed by atoms with van der Waals surface area (Å²) in [5.74, 6) is 0.833. The molecule has 0 heterocycles. The van der Waals surface area contributed by atoms with Crippen molar-refractivity contribution in [3.8, 4) is 0 Å². The van der Waals surface area contributed by atoms with Crippen LogP contribution >= 0.6 is 0 Å². The molecule has 0 aromatic carbocycles. The first-order valence-corrected chi connectivity index (χ1v) is 18.8. The largest absolute Gasteiger partial charge is 0.0683 e. The topological polar surface area (TPSA) is 0 Å². The fourth-order valence-electron chi connectivity index (χ4n) is 0. The van der Waals surface area contributed by atoms with E-state index in [2.05, 4.69) is 90.0 Å². The van der Waals surface area contributed by atoms with Crippen LogP contribution in [0.3, 0.4) is 0 Å². The van der Waals surface area contributed by atoms with Gasteiger partial charge in [0.25, 0.3) is 0 Å². The van der Waals surface area contributed by atoms with Crippen LogP contribution in [-0.4, -0.2) is 0 Å². The third kappa shape index (κ3) is 0. The molecule has 0 heteroatoms. The van der Waals surface area contributed by atoms with Crippen molar-refractivity contribution in [3.05, 3.63) is 0 Å². The molecule has 0 aliphatic carbocycles. The second-order valence-corrected chi connectivity index (χ2v) is 5.27. The molecule has 0 atom stereocenters. The fraction of sp³-hybridized carbons (Fsp3) is 1.00. The van der Waals surface area contributed by atoms with Gasteiger partial charge >= 0.3 is 0 Å². The highest BCUT2D eigenvalue weighted by Crippen LogP contribution is 1.81. The van der Waals surface area contributed by atoms with Crippen LogP contribution in [0.4, 0.5) is 0 Å². The molecule has 0 aromatic heterocycles. The molecule has 0 saturated heterocycles. The average Bonchev–Trinajstić information content (AvgIpc) is 3.01. The molecule has 0 bridgehead atoms. The van der Waals surface area contributed by atoms with E-state index in [1.807, 2.05) is 138 Å². The summed E-state index contributed by atoms with van der Waals surface area (Å²) in [5, 5.41) is 0. The summed E-state index contributed by atoms with van der Waals surface area (Å²) in [6, 6.07) is 0. The Morgan fingerprint density at radius 1 is 0.205 bits per heavy atom. The summed E-state index contributed by atoms with van der Waals surface area (Å²) >= 11 is 0. The molecule has 0 N–H and O–H groups in total. The van der Waals surface area contributed by atoms with Gasteiger partial charge in [-0.1, -0.05) is 261 Å². The second-order valence-electron chi connectivity index (χ2n) is 5.27. The van der Waals surface area contributed by atoms with E-state index in [9.17, 15) is 0 Å². The van der Waals surface area contributed by atoms with Gasteiger partial charge in [-0.05, 0) is 5.92 Å². The van der Waals surface area contributed by atoms with E-state index in [0.717, 1.165) is 5.92 Å². The van der Waals surface area contributed by atoms with Crippen molar-refractivity contribution < 1.29 is 0 Å². The highest BCUT2D eigenvalue weighted by Gasteiger charge is 1.68. The minimum atomic E-state index is 0.833. The molecule has 266 valence electrons. The number of hydrogen-bond donors (Lipinski definition) is 0. The van der Waals surface area contributed by atoms with Gasteiger partial charge in [0, 0.05) is 0 Å². The van der Waals surface area contributed by atoms with E-state index >= 15 is 0 Å². The van der Waals surface area contributed by atoms with Crippen LogP contribution in [-0.2, 0) is 0 Å². The maximum Gasteiger partial charge on any atom is -0.0500 e. The van der Waals surface area contributed by atoms with Crippen molar-refractivity contribution >= 4 is 0 Å². The first-order chi connectivity index (χ1) is 18.8. The summed E-state index contributed by atoms with van der Waals surface area (Å²) in [7, 11) is 0. The lowest BCUT2D eigenvalue weighted by Gasteiger charge is -1.79. The Kier molecular flexibility index (Phi) is 2220. The third-order valence-corrected chi connectivity index (χ3v) is 0. The highest BCUT2D eigenvalue weighted by atomic mass is 13.7. The summed E-state index contributed by atoms with van der Waals surface area (Å²) in [4.78, 5) is 0. The van der Waals surface area contributed by atoms with Crippen LogP contribution in [0, 0.1) is 5.92 Å². The van der Waals surface area contributed by atoms with Crippen molar-refractivity contribution in [1.29, 1.82) is 0 Å². The Morgan fingerprint density at radius 3 is 0.205 bits per heavy atom. The van der Waals surface area contributed by atoms with E-state index in [1.54, 1.807) is 0 Å². The van der Waals surface area contributed by atoms with Crippen molar-refractivity contribution in [3.63, 3.8) is 0 Å². The zero-order chi connectivity index (χ0) is 37.1. The summed E-state index contributed by atoms with van der Waals surface area (Å²) in [6.07, 6.45) is 6.25. The van der Waals surface area contributed by atoms with Gasteiger partial charge in [0.05, 0.1) is 0 Å². The van der Waals surface area contributed by atoms with Gasteiger partial charge < -0.3 is 0 Å². The molecule has 0 radical (unpaired) electrons. The third-order valence-electron chi connectivity index (χ3n) is 0. The lowest BCUT2D eigenvalue weighted by molar-refractivity contribution is 0.737. The zero-order valence-electron chi connectivity index (χ0n) is 37.1. The Labute approximate surface area is 266 Å². The predicted octanol–water partition coefficient (Wildman–Crippen LogP) is 19.0. The molecule has 0 spiro atoms. The van der Waals surface area contributed by atoms with E-state index in [4.69, 9.17) is 0 Å². The maximum atomic E-state index is 2.17. The smallest absolute Gasteiger partial charge is 0.0500 e. The standard InChI is InChI=1S/C4H10.5C3H8.10C2H6/c1-4(2)3;5*1-3-2;10*1-2/h4H,1-3H3;5*3H2,1-2H3;10*1-2H3. The molecule has 0 saturated carbocycles. The van der Waals surface area contributed by atoms with Crippen molar-refractivity contribution in [1.82, 2.24) is 0 Å². The van der Waals surface area contributed by atoms with Crippen LogP contribution in [0.2, 0.25) is 0 Å². The molecule has 39 heavy (non-hydrogen) atoms. The molecule has 0 amide bonds. The summed E-state index contributed by atoms with van der Waals surface area (Å²) in [5.41, 5.74) is 0. The molecule has 0 aromatic rings. The lowest BCUT2D eigenvalue weighted by atomic mass is 10.3. The molecule has 0 unspecified atom stereocenters. The van der Waals surface area contributed by atoms with Gasteiger partial charge in [0.2, 0.25) is 0 Å². The van der Waals surface area contributed by atoms with Crippen LogP contribution < -0.4 is 0 Å². The van der Waals surface area contributed by atoms with Crippen molar-refractivity contribution in [2.45, 2.75) is 261 Å². The Hall–Kier alpha value is 0. The second kappa shape index (κ2) is 813. The van der Waals surface area contributed by atoms with Gasteiger partial charge in [-0.15, -0.1) is 0 Å². The first kappa shape index (κ1) is 106. The minimum absolute atomic E-state index is 0.833. The van der Waals surface area contributed by atoms with Gasteiger partial charge in [-0.2, -0.15) is 0 Å². The Morgan fingerprint density at radius 2 is 0.205 bits per heavy atom. The van der Waals surface area contributed by atoms with Crippen LogP contribution in [0.15, 0.2) is 0 Å². The van der Waals surface area contributed by atoms with Crippen LogP contribution in [0.25, 0.3) is 0 Å². The van der Waals surface area contributed by atoms with Crippen molar-refractivity contribution in [2.75, 3.05) is 0 Å². The monoisotopic (exact) mass is 579 g/mol. The van der Waals surface area contributed by atoms with E-state index in [0.29, 0.717) is 0 Å². The average molecular weight is 579 g/mol. The zero-order valence-corrected chi connectivity index (χ0v) is 37.1. The van der Waals surface area contributed by atoms with Gasteiger partial charge in [-0.3, -0.25) is 0 Å². The van der Waals surface area contributed by atoms with Crippen molar-refractivity contribution in [2.24, 2.45) is 5.92 Å². The molecule has 0 aliphatic heterocycles. The normalized spacial score (nSPS) is 4.77. The molecule has 0 fully saturated rings. The molecular formula is C39H110. The predicted molar refractivity (Wildman–Crippen MR) is 214 cm³/mol. The fourth-order valence-corrected chi connectivity index (χ4v) is 0. The van der Waals surface area contributed by atoms with Crippen LogP contribution in [0.1, 0.15) is 261 Å². The van der Waals surface area contributed by atoms with E-state index < -0.39 is 0 Å². The summed E-state index contributed by atoms with van der Waals surface area (Å²) < 4.78 is 0.